The highest BCUT2D eigenvalue weighted by Crippen LogP contribution is 2.14. The Labute approximate surface area is 172 Å². The molecule has 5 heteroatoms. The van der Waals surface area contributed by atoms with Gasteiger partial charge in [-0.05, 0) is 61.1 Å². The third-order valence-corrected chi connectivity index (χ3v) is 4.91. The second-order valence-corrected chi connectivity index (χ2v) is 7.41. The fourth-order valence-corrected chi connectivity index (χ4v) is 3.19. The van der Waals surface area contributed by atoms with Gasteiger partial charge in [0.15, 0.2) is 0 Å². The highest BCUT2D eigenvalue weighted by molar-refractivity contribution is 6.30. The van der Waals surface area contributed by atoms with E-state index in [0.717, 1.165) is 48.6 Å². The monoisotopic (exact) mass is 400 g/mol. The molecule has 1 fully saturated rings. The van der Waals surface area contributed by atoms with Gasteiger partial charge in [0.1, 0.15) is 0 Å². The lowest BCUT2D eigenvalue weighted by atomic mass is 10.1. The molecule has 1 heterocycles. The highest BCUT2D eigenvalue weighted by Gasteiger charge is 2.16. The molecule has 1 aliphatic rings. The second-order valence-electron chi connectivity index (χ2n) is 6.98. The largest absolute Gasteiger partial charge is 0.342 e. The number of rotatable bonds is 4. The number of amides is 2. The lowest BCUT2D eigenvalue weighted by Crippen LogP contribution is -2.36. The predicted molar refractivity (Wildman–Crippen MR) is 116 cm³/mol. The lowest BCUT2D eigenvalue weighted by molar-refractivity contribution is -0.131. The predicted octanol–water partition coefficient (Wildman–Crippen LogP) is 5.10. The average molecular weight is 401 g/mol. The third kappa shape index (κ3) is 7.73. The van der Waals surface area contributed by atoms with Gasteiger partial charge in [-0.1, -0.05) is 42.8 Å². The molecule has 0 atom stereocenters. The number of carbonyl (C=O) groups is 2. The average Bonchev–Trinajstić information content (AvgIpc) is 2.71. The first-order valence-corrected chi connectivity index (χ1v) is 10.2. The van der Waals surface area contributed by atoms with Crippen LogP contribution in [0, 0.1) is 0 Å². The van der Waals surface area contributed by atoms with Crippen LogP contribution in [-0.2, 0) is 22.4 Å². The normalized spacial score (nSPS) is 13.3. The Morgan fingerprint density at radius 1 is 0.929 bits per heavy atom. The summed E-state index contributed by atoms with van der Waals surface area (Å²) in [6.07, 6.45) is 4.99. The fraction of sp³-hybridized carbons (Fsp3) is 0.391. The van der Waals surface area contributed by atoms with Crippen molar-refractivity contribution < 1.29 is 9.59 Å². The summed E-state index contributed by atoms with van der Waals surface area (Å²) in [5.41, 5.74) is 3.09. The molecule has 0 unspecified atom stereocenters. The van der Waals surface area contributed by atoms with Crippen molar-refractivity contribution in [3.05, 3.63) is 64.7 Å². The Kier molecular flexibility index (Phi) is 9.02. The summed E-state index contributed by atoms with van der Waals surface area (Å²) >= 11 is 5.67. The molecular formula is C23H29ClN2O2. The lowest BCUT2D eigenvalue weighted by Gasteiger charge is -2.26. The summed E-state index contributed by atoms with van der Waals surface area (Å²) in [5.74, 6) is 0.115. The van der Waals surface area contributed by atoms with Gasteiger partial charge in [0, 0.05) is 30.7 Å². The van der Waals surface area contributed by atoms with E-state index in [4.69, 9.17) is 11.6 Å². The summed E-state index contributed by atoms with van der Waals surface area (Å²) < 4.78 is 0. The molecule has 0 spiro atoms. The van der Waals surface area contributed by atoms with Crippen molar-refractivity contribution >= 4 is 29.1 Å². The summed E-state index contributed by atoms with van der Waals surface area (Å²) in [7, 11) is 0. The second kappa shape index (κ2) is 11.5. The number of nitrogens with one attached hydrogen (secondary N) is 1. The zero-order valence-electron chi connectivity index (χ0n) is 16.7. The number of piperidine rings is 1. The standard InChI is InChI=1S/C15H20N2O2.C8H9Cl/c1-12(18)16-14-7-5-13(6-8-14)11-15(19)17-9-3-2-4-10-17;1-2-7-3-5-8(9)6-4-7/h5-8H,2-4,9-11H2,1H3,(H,16,18);3-6H,2H2,1H3. The Morgan fingerprint density at radius 2 is 1.50 bits per heavy atom. The van der Waals surface area contributed by atoms with Crippen molar-refractivity contribution in [1.29, 1.82) is 0 Å². The van der Waals surface area contributed by atoms with E-state index in [1.165, 1.54) is 18.9 Å². The maximum atomic E-state index is 12.1. The number of aryl methyl sites for hydroxylation is 1. The van der Waals surface area contributed by atoms with Gasteiger partial charge in [0.05, 0.1) is 6.42 Å². The van der Waals surface area contributed by atoms with Crippen molar-refractivity contribution in [2.45, 2.75) is 46.0 Å². The van der Waals surface area contributed by atoms with Gasteiger partial charge >= 0.3 is 0 Å². The van der Waals surface area contributed by atoms with E-state index in [2.05, 4.69) is 12.2 Å². The topological polar surface area (TPSA) is 49.4 Å². The molecule has 0 radical (unpaired) electrons. The molecule has 0 bridgehead atoms. The van der Waals surface area contributed by atoms with Gasteiger partial charge in [-0.2, -0.15) is 0 Å². The Balaban J connectivity index is 0.000000261. The van der Waals surface area contributed by atoms with Crippen molar-refractivity contribution in [2.75, 3.05) is 18.4 Å². The number of likely N-dealkylation sites (tertiary alicyclic amines) is 1. The molecule has 2 amide bonds. The molecule has 0 saturated carbocycles. The minimum absolute atomic E-state index is 0.0860. The van der Waals surface area contributed by atoms with E-state index < -0.39 is 0 Å². The molecule has 150 valence electrons. The molecule has 0 aliphatic carbocycles. The maximum Gasteiger partial charge on any atom is 0.226 e. The van der Waals surface area contributed by atoms with Crippen LogP contribution in [0.2, 0.25) is 5.02 Å². The zero-order valence-corrected chi connectivity index (χ0v) is 17.5. The van der Waals surface area contributed by atoms with Crippen LogP contribution in [0.3, 0.4) is 0 Å². The van der Waals surface area contributed by atoms with Crippen LogP contribution >= 0.6 is 11.6 Å². The summed E-state index contributed by atoms with van der Waals surface area (Å²) in [6, 6.07) is 15.4. The molecule has 28 heavy (non-hydrogen) atoms. The molecule has 2 aromatic rings. The number of benzene rings is 2. The van der Waals surface area contributed by atoms with Gasteiger partial charge in [-0.15, -0.1) is 0 Å². The van der Waals surface area contributed by atoms with Crippen LogP contribution < -0.4 is 5.32 Å². The summed E-state index contributed by atoms with van der Waals surface area (Å²) in [4.78, 5) is 24.9. The van der Waals surface area contributed by atoms with Crippen LogP contribution in [0.1, 0.15) is 44.2 Å². The Hall–Kier alpha value is -2.33. The van der Waals surface area contributed by atoms with Crippen LogP contribution in [0.25, 0.3) is 0 Å². The first kappa shape index (κ1) is 22.0. The Morgan fingerprint density at radius 3 is 2.04 bits per heavy atom. The zero-order chi connectivity index (χ0) is 20.4. The molecule has 1 aliphatic heterocycles. The summed E-state index contributed by atoms with van der Waals surface area (Å²) in [6.45, 7) is 5.39. The maximum absolute atomic E-state index is 12.1. The van der Waals surface area contributed by atoms with Crippen molar-refractivity contribution in [1.82, 2.24) is 4.90 Å². The quantitative estimate of drug-likeness (QED) is 0.775. The number of anilines is 1. The molecule has 0 aromatic heterocycles. The molecular weight excluding hydrogens is 372 g/mol. The van der Waals surface area contributed by atoms with Crippen molar-refractivity contribution in [3.8, 4) is 0 Å². The van der Waals surface area contributed by atoms with Crippen molar-refractivity contribution in [2.24, 2.45) is 0 Å². The minimum atomic E-state index is -0.0860. The van der Waals surface area contributed by atoms with Gasteiger partial charge in [-0.25, -0.2) is 0 Å². The van der Waals surface area contributed by atoms with Crippen LogP contribution in [0.15, 0.2) is 48.5 Å². The number of halogens is 1. The minimum Gasteiger partial charge on any atom is -0.342 e. The van der Waals surface area contributed by atoms with Crippen molar-refractivity contribution in [3.63, 3.8) is 0 Å². The first-order valence-electron chi connectivity index (χ1n) is 9.86. The van der Waals surface area contributed by atoms with E-state index in [-0.39, 0.29) is 11.8 Å². The van der Waals surface area contributed by atoms with Gasteiger partial charge in [0.25, 0.3) is 0 Å². The van der Waals surface area contributed by atoms with Crippen LogP contribution in [0.5, 0.6) is 0 Å². The molecule has 2 aromatic carbocycles. The van der Waals surface area contributed by atoms with Crippen LogP contribution in [0.4, 0.5) is 5.69 Å². The van der Waals surface area contributed by atoms with Gasteiger partial charge < -0.3 is 10.2 Å². The van der Waals surface area contributed by atoms with Gasteiger partial charge in [-0.3, -0.25) is 9.59 Å². The number of carbonyl (C=O) groups excluding carboxylic acids is 2. The Bertz CT molecular complexity index is 751. The van der Waals surface area contributed by atoms with E-state index in [0.29, 0.717) is 6.42 Å². The van der Waals surface area contributed by atoms with E-state index >= 15 is 0 Å². The van der Waals surface area contributed by atoms with E-state index in [9.17, 15) is 9.59 Å². The highest BCUT2D eigenvalue weighted by atomic mass is 35.5. The third-order valence-electron chi connectivity index (χ3n) is 4.66. The summed E-state index contributed by atoms with van der Waals surface area (Å²) in [5, 5.41) is 3.53. The van der Waals surface area contributed by atoms with Crippen LogP contribution in [-0.4, -0.2) is 29.8 Å². The number of hydrogen-bond donors (Lipinski definition) is 1. The number of nitrogens with zero attached hydrogens (tertiary/aromatic N) is 1. The smallest absolute Gasteiger partial charge is 0.226 e. The van der Waals surface area contributed by atoms with E-state index in [1.807, 2.05) is 53.4 Å². The fourth-order valence-electron chi connectivity index (χ4n) is 3.06. The molecule has 1 N–H and O–H groups in total. The molecule has 3 rings (SSSR count). The SMILES string of the molecule is CC(=O)Nc1ccc(CC(=O)N2CCCCC2)cc1.CCc1ccc(Cl)cc1. The van der Waals surface area contributed by atoms with E-state index in [1.54, 1.807) is 0 Å². The first-order chi connectivity index (χ1) is 13.5. The van der Waals surface area contributed by atoms with Gasteiger partial charge in [0.2, 0.25) is 11.8 Å². The molecule has 4 nitrogen and oxygen atoms in total. The molecule has 1 saturated heterocycles. The number of hydrogen-bond acceptors (Lipinski definition) is 2.